The first-order chi connectivity index (χ1) is 10.1. The summed E-state index contributed by atoms with van der Waals surface area (Å²) in [5, 5.41) is 0.524. The van der Waals surface area contributed by atoms with Crippen molar-refractivity contribution in [1.29, 1.82) is 0 Å². The lowest BCUT2D eigenvalue weighted by molar-refractivity contribution is -0.0789. The van der Waals surface area contributed by atoms with Gasteiger partial charge in [-0.15, -0.1) is 0 Å². The number of ether oxygens (including phenoxy) is 1. The van der Waals surface area contributed by atoms with E-state index in [9.17, 15) is 9.32 Å². The van der Waals surface area contributed by atoms with Crippen molar-refractivity contribution in [2.24, 2.45) is 0 Å². The van der Waals surface area contributed by atoms with E-state index in [-0.39, 0.29) is 22.1 Å². The smallest absolute Gasteiger partial charge is 0.383 e. The third kappa shape index (κ3) is 3.46. The molecule has 0 N–H and O–H groups in total. The van der Waals surface area contributed by atoms with E-state index < -0.39 is 5.97 Å². The number of hydrogen-bond acceptors (Lipinski definition) is 3. The summed E-state index contributed by atoms with van der Waals surface area (Å²) < 4.78 is 17.8. The molecule has 0 fully saturated rings. The lowest BCUT2D eigenvalue weighted by Gasteiger charge is -2.12. The van der Waals surface area contributed by atoms with Crippen molar-refractivity contribution >= 4 is 29.2 Å². The Balaban J connectivity index is 2.46. The van der Waals surface area contributed by atoms with E-state index in [0.29, 0.717) is 5.02 Å². The molecule has 2 aromatic carbocycles. The lowest BCUT2D eigenvalue weighted by atomic mass is 10.1. The molecule has 0 aliphatic rings. The normalized spacial score (nSPS) is 10.3. The van der Waals surface area contributed by atoms with Crippen molar-refractivity contribution in [3.05, 3.63) is 57.6 Å². The molecule has 6 heteroatoms. The first-order valence-corrected chi connectivity index (χ1v) is 6.90. The second-order valence-electron chi connectivity index (χ2n) is 4.20. The molecule has 2 rings (SSSR count). The Kier molecular flexibility index (Phi) is 5.04. The summed E-state index contributed by atoms with van der Waals surface area (Å²) in [4.78, 5) is 14.7. The summed E-state index contributed by atoms with van der Waals surface area (Å²) in [6, 6.07) is 9.62. The molecule has 0 saturated carbocycles. The van der Waals surface area contributed by atoms with Crippen molar-refractivity contribution in [3.8, 4) is 11.5 Å². The molecule has 0 atom stereocenters. The second kappa shape index (κ2) is 6.78. The summed E-state index contributed by atoms with van der Waals surface area (Å²) in [5.41, 5.74) is 0.879. The maximum atomic E-state index is 12.2. The van der Waals surface area contributed by atoms with Crippen LogP contribution in [0.15, 0.2) is 36.4 Å². The van der Waals surface area contributed by atoms with Gasteiger partial charge in [-0.1, -0.05) is 42.3 Å². The summed E-state index contributed by atoms with van der Waals surface area (Å²) in [6.07, 6.45) is 0.727. The predicted molar refractivity (Wildman–Crippen MR) is 78.9 cm³/mol. The second-order valence-corrected chi connectivity index (χ2v) is 4.99. The van der Waals surface area contributed by atoms with Crippen LogP contribution in [0.25, 0.3) is 0 Å². The molecule has 0 aromatic heterocycles. The fourth-order valence-corrected chi connectivity index (χ4v) is 2.09. The molecule has 0 heterocycles. The van der Waals surface area contributed by atoms with E-state index in [1.54, 1.807) is 30.3 Å². The van der Waals surface area contributed by atoms with Crippen LogP contribution in [0, 0.1) is 0 Å². The average Bonchev–Trinajstić information content (AvgIpc) is 2.51. The number of benzene rings is 2. The number of carbonyl (C=O) groups is 1. The van der Waals surface area contributed by atoms with Gasteiger partial charge in [0.15, 0.2) is 0 Å². The van der Waals surface area contributed by atoms with Crippen LogP contribution in [0.1, 0.15) is 22.8 Å². The highest BCUT2D eigenvalue weighted by molar-refractivity contribution is 6.42. The Labute approximate surface area is 131 Å². The van der Waals surface area contributed by atoms with Gasteiger partial charge in [0, 0.05) is 4.53 Å². The van der Waals surface area contributed by atoms with E-state index >= 15 is 0 Å². The zero-order chi connectivity index (χ0) is 15.4. The van der Waals surface area contributed by atoms with E-state index in [2.05, 4.69) is 4.94 Å². The molecule has 0 unspecified atom stereocenters. The Morgan fingerprint density at radius 3 is 2.62 bits per heavy atom. The lowest BCUT2D eigenvalue weighted by Crippen LogP contribution is -2.02. The molecular formula is C15H11Cl2FO3. The maximum absolute atomic E-state index is 12.2. The van der Waals surface area contributed by atoms with Gasteiger partial charge >= 0.3 is 5.97 Å². The van der Waals surface area contributed by atoms with Gasteiger partial charge in [-0.25, -0.2) is 9.74 Å². The van der Waals surface area contributed by atoms with Crippen LogP contribution in [0.3, 0.4) is 0 Å². The SMILES string of the molecule is CCc1ccc(C(=O)OF)c(Oc2cccc(Cl)c2Cl)c1. The van der Waals surface area contributed by atoms with Gasteiger partial charge in [-0.3, -0.25) is 0 Å². The van der Waals surface area contributed by atoms with Crippen molar-refractivity contribution < 1.29 is 19.0 Å². The highest BCUT2D eigenvalue weighted by Crippen LogP contribution is 2.36. The monoisotopic (exact) mass is 328 g/mol. The Hall–Kier alpha value is -1.78. The molecule has 21 heavy (non-hydrogen) atoms. The molecular weight excluding hydrogens is 318 g/mol. The molecule has 0 amide bonds. The summed E-state index contributed by atoms with van der Waals surface area (Å²) >= 11 is 11.9. The van der Waals surface area contributed by atoms with E-state index in [0.717, 1.165) is 12.0 Å². The number of rotatable bonds is 4. The largest absolute Gasteiger partial charge is 0.455 e. The molecule has 2 aromatic rings. The van der Waals surface area contributed by atoms with Crippen LogP contribution in [-0.2, 0) is 11.4 Å². The predicted octanol–water partition coefficient (Wildman–Crippen LogP) is 5.39. The minimum atomic E-state index is -1.13. The zero-order valence-corrected chi connectivity index (χ0v) is 12.5. The molecule has 110 valence electrons. The Bertz CT molecular complexity index is 674. The van der Waals surface area contributed by atoms with Gasteiger partial charge in [0.2, 0.25) is 0 Å². The summed E-state index contributed by atoms with van der Waals surface area (Å²) in [6.45, 7) is 1.94. The van der Waals surface area contributed by atoms with Crippen LogP contribution >= 0.6 is 23.2 Å². The van der Waals surface area contributed by atoms with Crippen molar-refractivity contribution in [2.45, 2.75) is 13.3 Å². The van der Waals surface area contributed by atoms with Gasteiger partial charge in [0.25, 0.3) is 0 Å². The van der Waals surface area contributed by atoms with Gasteiger partial charge in [-0.2, -0.15) is 0 Å². The van der Waals surface area contributed by atoms with Crippen LogP contribution in [0.2, 0.25) is 10.0 Å². The first-order valence-electron chi connectivity index (χ1n) is 6.14. The highest BCUT2D eigenvalue weighted by atomic mass is 35.5. The Morgan fingerprint density at radius 2 is 1.95 bits per heavy atom. The zero-order valence-electron chi connectivity index (χ0n) is 11.0. The summed E-state index contributed by atoms with van der Waals surface area (Å²) in [5.74, 6) is -0.711. The number of halogens is 3. The molecule has 0 bridgehead atoms. The maximum Gasteiger partial charge on any atom is 0.383 e. The quantitative estimate of drug-likeness (QED) is 0.754. The Morgan fingerprint density at radius 1 is 1.19 bits per heavy atom. The van der Waals surface area contributed by atoms with Gasteiger partial charge < -0.3 is 4.74 Å². The van der Waals surface area contributed by atoms with E-state index in [4.69, 9.17) is 27.9 Å². The standard InChI is InChI=1S/C15H11Cl2FO3/c1-2-9-6-7-10(15(19)21-18)13(8-9)20-12-5-3-4-11(16)14(12)17/h3-8H,2H2,1H3. The van der Waals surface area contributed by atoms with Gasteiger partial charge in [0.05, 0.1) is 5.02 Å². The first kappa shape index (κ1) is 15.6. The van der Waals surface area contributed by atoms with Crippen LogP contribution in [0.4, 0.5) is 4.53 Å². The van der Waals surface area contributed by atoms with Crippen LogP contribution in [0.5, 0.6) is 11.5 Å². The minimum Gasteiger partial charge on any atom is -0.455 e. The van der Waals surface area contributed by atoms with E-state index in [1.165, 1.54) is 6.07 Å². The highest BCUT2D eigenvalue weighted by Gasteiger charge is 2.17. The summed E-state index contributed by atoms with van der Waals surface area (Å²) in [7, 11) is 0. The van der Waals surface area contributed by atoms with Gasteiger partial charge in [-0.05, 0) is 36.2 Å². The third-order valence-electron chi connectivity index (χ3n) is 2.88. The molecule has 0 radical (unpaired) electrons. The third-order valence-corrected chi connectivity index (χ3v) is 3.68. The van der Waals surface area contributed by atoms with E-state index in [1.807, 2.05) is 6.92 Å². The van der Waals surface area contributed by atoms with Crippen LogP contribution < -0.4 is 4.74 Å². The molecule has 3 nitrogen and oxygen atoms in total. The number of aryl methyl sites for hydroxylation is 1. The number of hydrogen-bond donors (Lipinski definition) is 0. The van der Waals surface area contributed by atoms with Crippen molar-refractivity contribution in [1.82, 2.24) is 0 Å². The molecule has 0 saturated heterocycles. The molecule has 0 spiro atoms. The van der Waals surface area contributed by atoms with Crippen molar-refractivity contribution in [3.63, 3.8) is 0 Å². The average molecular weight is 329 g/mol. The fourth-order valence-electron chi connectivity index (χ4n) is 1.76. The number of carbonyl (C=O) groups excluding carboxylic acids is 1. The molecule has 0 aliphatic carbocycles. The fraction of sp³-hybridized carbons (Fsp3) is 0.133. The van der Waals surface area contributed by atoms with Crippen molar-refractivity contribution in [2.75, 3.05) is 0 Å². The van der Waals surface area contributed by atoms with Gasteiger partial charge in [0.1, 0.15) is 22.1 Å². The minimum absolute atomic E-state index is 0.0363. The molecule has 0 aliphatic heterocycles. The van der Waals surface area contributed by atoms with Crippen LogP contribution in [-0.4, -0.2) is 5.97 Å². The topological polar surface area (TPSA) is 35.5 Å².